The number of carbonyl (C=O) groups is 3. The number of halogens is 1. The Kier molecular flexibility index (Phi) is 5.75. The third-order valence-corrected chi connectivity index (χ3v) is 5.02. The van der Waals surface area contributed by atoms with Crippen LogP contribution in [-0.2, 0) is 9.59 Å². The average Bonchev–Trinajstić information content (AvgIpc) is 3.14. The van der Waals surface area contributed by atoms with Gasteiger partial charge in [0.05, 0.1) is 11.6 Å². The van der Waals surface area contributed by atoms with Crippen molar-refractivity contribution in [1.82, 2.24) is 4.90 Å². The molecule has 0 radical (unpaired) electrons. The molecule has 1 fully saturated rings. The van der Waals surface area contributed by atoms with Gasteiger partial charge in [-0.1, -0.05) is 18.2 Å². The van der Waals surface area contributed by atoms with Crippen molar-refractivity contribution in [3.8, 4) is 0 Å². The molecular formula is C19H18FN3O3S. The van der Waals surface area contributed by atoms with E-state index in [0.29, 0.717) is 22.9 Å². The maximum atomic E-state index is 14.1. The Morgan fingerprint density at radius 2 is 1.85 bits per heavy atom. The summed E-state index contributed by atoms with van der Waals surface area (Å²) in [6, 6.07) is 11.9. The van der Waals surface area contributed by atoms with Gasteiger partial charge in [0.1, 0.15) is 11.9 Å². The van der Waals surface area contributed by atoms with Gasteiger partial charge in [-0.25, -0.2) is 4.39 Å². The normalized spacial score (nSPS) is 16.1. The third-order valence-electron chi connectivity index (χ3n) is 4.01. The number of benzene rings is 2. The number of hydrogen-bond donors (Lipinski definition) is 2. The van der Waals surface area contributed by atoms with Crippen LogP contribution in [0.25, 0.3) is 0 Å². The van der Waals surface area contributed by atoms with Crippen LogP contribution in [-0.4, -0.2) is 40.3 Å². The van der Waals surface area contributed by atoms with Crippen molar-refractivity contribution >= 4 is 40.9 Å². The molecule has 0 saturated carbocycles. The van der Waals surface area contributed by atoms with Gasteiger partial charge in [-0.15, -0.1) is 11.8 Å². The molecule has 3 amide bonds. The number of anilines is 2. The van der Waals surface area contributed by atoms with Crippen molar-refractivity contribution in [3.63, 3.8) is 0 Å². The molecule has 140 valence electrons. The molecule has 0 aliphatic carbocycles. The molecule has 3 rings (SSSR count). The van der Waals surface area contributed by atoms with Crippen LogP contribution in [0, 0.1) is 5.82 Å². The number of thioether (sulfide) groups is 1. The maximum absolute atomic E-state index is 14.1. The van der Waals surface area contributed by atoms with Crippen LogP contribution >= 0.6 is 11.8 Å². The second kappa shape index (κ2) is 8.22. The first-order valence-corrected chi connectivity index (χ1v) is 9.43. The summed E-state index contributed by atoms with van der Waals surface area (Å²) in [5, 5.41) is 5.07. The number of hydrogen-bond acceptors (Lipinski definition) is 4. The highest BCUT2D eigenvalue weighted by molar-refractivity contribution is 7.99. The van der Waals surface area contributed by atoms with E-state index in [0.717, 1.165) is 6.07 Å². The van der Waals surface area contributed by atoms with E-state index in [1.54, 1.807) is 24.3 Å². The second-order valence-corrected chi connectivity index (χ2v) is 7.02. The lowest BCUT2D eigenvalue weighted by molar-refractivity contribution is -0.119. The predicted octanol–water partition coefficient (Wildman–Crippen LogP) is 2.94. The molecule has 2 N–H and O–H groups in total. The zero-order chi connectivity index (χ0) is 19.4. The van der Waals surface area contributed by atoms with Gasteiger partial charge >= 0.3 is 0 Å². The lowest BCUT2D eigenvalue weighted by Crippen LogP contribution is -2.44. The first-order chi connectivity index (χ1) is 13.0. The molecule has 1 aliphatic heterocycles. The highest BCUT2D eigenvalue weighted by atomic mass is 32.2. The SMILES string of the molecule is CC(=O)Nc1ccc(F)c(NC(=O)C2CSCN2C(=O)c2ccccc2)c1. The lowest BCUT2D eigenvalue weighted by atomic mass is 10.1. The summed E-state index contributed by atoms with van der Waals surface area (Å²) in [6.45, 7) is 1.34. The number of rotatable bonds is 4. The van der Waals surface area contributed by atoms with Crippen LogP contribution in [0.3, 0.4) is 0 Å². The van der Waals surface area contributed by atoms with Gasteiger partial charge < -0.3 is 15.5 Å². The first kappa shape index (κ1) is 18.9. The van der Waals surface area contributed by atoms with Crippen LogP contribution in [0.4, 0.5) is 15.8 Å². The van der Waals surface area contributed by atoms with E-state index >= 15 is 0 Å². The molecule has 2 aromatic carbocycles. The summed E-state index contributed by atoms with van der Waals surface area (Å²) in [4.78, 5) is 38.0. The molecule has 1 unspecified atom stereocenters. The molecule has 1 saturated heterocycles. The Morgan fingerprint density at radius 3 is 2.56 bits per heavy atom. The van der Waals surface area contributed by atoms with Crippen LogP contribution in [0.1, 0.15) is 17.3 Å². The quantitative estimate of drug-likeness (QED) is 0.846. The Bertz CT molecular complexity index is 876. The minimum absolute atomic E-state index is 0.0461. The van der Waals surface area contributed by atoms with Gasteiger partial charge in [0, 0.05) is 23.9 Å². The smallest absolute Gasteiger partial charge is 0.255 e. The molecule has 8 heteroatoms. The van der Waals surface area contributed by atoms with Gasteiger partial charge in [-0.05, 0) is 30.3 Å². The van der Waals surface area contributed by atoms with Crippen LogP contribution in [0.15, 0.2) is 48.5 Å². The first-order valence-electron chi connectivity index (χ1n) is 8.27. The fourth-order valence-electron chi connectivity index (χ4n) is 2.72. The summed E-state index contributed by atoms with van der Waals surface area (Å²) < 4.78 is 14.1. The number of nitrogens with one attached hydrogen (secondary N) is 2. The van der Waals surface area contributed by atoms with Crippen LogP contribution < -0.4 is 10.6 Å². The number of carbonyl (C=O) groups excluding carboxylic acids is 3. The molecule has 27 heavy (non-hydrogen) atoms. The highest BCUT2D eigenvalue weighted by Crippen LogP contribution is 2.26. The second-order valence-electron chi connectivity index (χ2n) is 6.02. The maximum Gasteiger partial charge on any atom is 0.255 e. The van der Waals surface area contributed by atoms with Crippen molar-refractivity contribution in [2.45, 2.75) is 13.0 Å². The zero-order valence-corrected chi connectivity index (χ0v) is 15.4. The van der Waals surface area contributed by atoms with Crippen molar-refractivity contribution in [2.75, 3.05) is 22.3 Å². The standard InChI is InChI=1S/C19H18FN3O3S/c1-12(24)21-14-7-8-15(20)16(9-14)22-18(25)17-10-27-11-23(17)19(26)13-5-3-2-4-6-13/h2-9,17H,10-11H2,1H3,(H,21,24)(H,22,25). The van der Waals surface area contributed by atoms with Crippen molar-refractivity contribution < 1.29 is 18.8 Å². The Labute approximate surface area is 160 Å². The predicted molar refractivity (Wildman–Crippen MR) is 103 cm³/mol. The molecule has 0 aromatic heterocycles. The van der Waals surface area contributed by atoms with Gasteiger partial charge in [0.2, 0.25) is 11.8 Å². The number of amides is 3. The van der Waals surface area contributed by atoms with Crippen molar-refractivity contribution in [1.29, 1.82) is 0 Å². The van der Waals surface area contributed by atoms with Crippen LogP contribution in [0.5, 0.6) is 0 Å². The fraction of sp³-hybridized carbons (Fsp3) is 0.211. The third kappa shape index (κ3) is 4.46. The minimum atomic E-state index is -0.702. The van der Waals surface area contributed by atoms with E-state index in [-0.39, 0.29) is 17.5 Å². The van der Waals surface area contributed by atoms with Crippen LogP contribution in [0.2, 0.25) is 0 Å². The number of nitrogens with zero attached hydrogens (tertiary/aromatic N) is 1. The van der Waals surface area contributed by atoms with Crippen molar-refractivity contribution in [3.05, 3.63) is 59.9 Å². The van der Waals surface area contributed by atoms with E-state index in [4.69, 9.17) is 0 Å². The van der Waals surface area contributed by atoms with Gasteiger partial charge in [-0.3, -0.25) is 14.4 Å². The van der Waals surface area contributed by atoms with E-state index in [1.165, 1.54) is 35.7 Å². The average molecular weight is 387 g/mol. The summed E-state index contributed by atoms with van der Waals surface area (Å²) in [7, 11) is 0. The summed E-state index contributed by atoms with van der Waals surface area (Å²) in [5.74, 6) is -0.816. The van der Waals surface area contributed by atoms with E-state index in [1.807, 2.05) is 6.07 Å². The minimum Gasteiger partial charge on any atom is -0.326 e. The molecular weight excluding hydrogens is 369 g/mol. The summed E-state index contributed by atoms with van der Waals surface area (Å²) in [5.41, 5.74) is 0.823. The molecule has 2 aromatic rings. The molecule has 1 aliphatic rings. The Balaban J connectivity index is 1.75. The summed E-state index contributed by atoms with van der Waals surface area (Å²) >= 11 is 1.46. The van der Waals surface area contributed by atoms with Crippen molar-refractivity contribution in [2.24, 2.45) is 0 Å². The molecule has 0 spiro atoms. The topological polar surface area (TPSA) is 78.5 Å². The lowest BCUT2D eigenvalue weighted by Gasteiger charge is -2.23. The Hall–Kier alpha value is -2.87. The molecule has 1 atom stereocenters. The summed E-state index contributed by atoms with van der Waals surface area (Å²) in [6.07, 6.45) is 0. The molecule has 1 heterocycles. The van der Waals surface area contributed by atoms with Gasteiger partial charge in [0.15, 0.2) is 0 Å². The van der Waals surface area contributed by atoms with E-state index < -0.39 is 17.8 Å². The monoisotopic (exact) mass is 387 g/mol. The fourth-order valence-corrected chi connectivity index (χ4v) is 3.88. The highest BCUT2D eigenvalue weighted by Gasteiger charge is 2.35. The molecule has 6 nitrogen and oxygen atoms in total. The van der Waals surface area contributed by atoms with Gasteiger partial charge in [-0.2, -0.15) is 0 Å². The largest absolute Gasteiger partial charge is 0.326 e. The van der Waals surface area contributed by atoms with E-state index in [9.17, 15) is 18.8 Å². The molecule has 0 bridgehead atoms. The zero-order valence-electron chi connectivity index (χ0n) is 14.6. The van der Waals surface area contributed by atoms with E-state index in [2.05, 4.69) is 10.6 Å². The van der Waals surface area contributed by atoms with Gasteiger partial charge in [0.25, 0.3) is 5.91 Å². The Morgan fingerprint density at radius 1 is 1.11 bits per heavy atom.